The molecule has 1 aliphatic heterocycles. The number of halogens is 1. The molecule has 0 saturated heterocycles. The first-order valence-electron chi connectivity index (χ1n) is 8.11. The Morgan fingerprint density at radius 1 is 1.26 bits per heavy atom. The highest BCUT2D eigenvalue weighted by Crippen LogP contribution is 2.39. The van der Waals surface area contributed by atoms with Gasteiger partial charge < -0.3 is 25.8 Å². The molecule has 8 heteroatoms. The van der Waals surface area contributed by atoms with Crippen molar-refractivity contribution in [2.45, 2.75) is 13.0 Å². The van der Waals surface area contributed by atoms with Crippen LogP contribution in [0.3, 0.4) is 0 Å². The number of carbonyl (C=O) groups excluding carboxylic acids is 2. The molecule has 27 heavy (non-hydrogen) atoms. The topological polar surface area (TPSA) is 99.7 Å². The molecule has 1 heterocycles. The highest BCUT2D eigenvalue weighted by molar-refractivity contribution is 6.32. The molecular weight excluding hydrogens is 370 g/mol. The second-order valence-corrected chi connectivity index (χ2v) is 6.35. The van der Waals surface area contributed by atoms with Crippen LogP contribution in [0, 0.1) is 0 Å². The smallest absolute Gasteiger partial charge is 0.319 e. The van der Waals surface area contributed by atoms with E-state index in [1.165, 1.54) is 19.2 Å². The van der Waals surface area contributed by atoms with Crippen LogP contribution in [-0.2, 0) is 4.79 Å². The van der Waals surface area contributed by atoms with Crippen LogP contribution in [-0.4, -0.2) is 24.2 Å². The molecule has 3 rings (SSSR count). The minimum Gasteiger partial charge on any atom is -0.503 e. The first-order valence-corrected chi connectivity index (χ1v) is 8.49. The van der Waals surface area contributed by atoms with Crippen molar-refractivity contribution in [3.63, 3.8) is 0 Å². The molecule has 1 aliphatic rings. The third kappa shape index (κ3) is 3.83. The fourth-order valence-corrected chi connectivity index (χ4v) is 3.10. The lowest BCUT2D eigenvalue weighted by molar-refractivity contribution is -0.113. The fraction of sp³-hybridized carbons (Fsp3) is 0.158. The minimum absolute atomic E-state index is 0.0533. The van der Waals surface area contributed by atoms with Gasteiger partial charge in [-0.3, -0.25) is 4.79 Å². The zero-order chi connectivity index (χ0) is 19.6. The zero-order valence-electron chi connectivity index (χ0n) is 14.7. The van der Waals surface area contributed by atoms with Crippen molar-refractivity contribution in [1.29, 1.82) is 0 Å². The minimum atomic E-state index is -0.769. The normalized spacial score (nSPS) is 16.4. The van der Waals surface area contributed by atoms with E-state index in [0.29, 0.717) is 22.5 Å². The number of para-hydroxylation sites is 1. The van der Waals surface area contributed by atoms with Crippen LogP contribution >= 0.6 is 11.6 Å². The number of rotatable bonds is 4. The van der Waals surface area contributed by atoms with Gasteiger partial charge in [0.05, 0.1) is 23.7 Å². The number of benzene rings is 2. The predicted molar refractivity (Wildman–Crippen MR) is 102 cm³/mol. The van der Waals surface area contributed by atoms with E-state index in [0.717, 1.165) is 0 Å². The number of ether oxygens (including phenoxy) is 1. The van der Waals surface area contributed by atoms with Crippen molar-refractivity contribution in [2.75, 3.05) is 12.4 Å². The van der Waals surface area contributed by atoms with Crippen molar-refractivity contribution >= 4 is 29.2 Å². The fourth-order valence-electron chi connectivity index (χ4n) is 2.88. The molecule has 2 aromatic carbocycles. The number of allylic oxidation sites excluding steroid dienone is 1. The average Bonchev–Trinajstić information content (AvgIpc) is 2.63. The molecule has 7 nitrogen and oxygen atoms in total. The van der Waals surface area contributed by atoms with E-state index in [1.54, 1.807) is 31.2 Å². The number of anilines is 1. The summed E-state index contributed by atoms with van der Waals surface area (Å²) in [6, 6.07) is 10.8. The second kappa shape index (κ2) is 7.59. The Bertz CT molecular complexity index is 928. The summed E-state index contributed by atoms with van der Waals surface area (Å²) >= 11 is 6.07. The number of methoxy groups -OCH3 is 1. The Hall–Kier alpha value is -3.19. The van der Waals surface area contributed by atoms with Gasteiger partial charge in [-0.2, -0.15) is 0 Å². The summed E-state index contributed by atoms with van der Waals surface area (Å²) in [5.41, 5.74) is 1.87. The Morgan fingerprint density at radius 2 is 1.96 bits per heavy atom. The number of hydrogen-bond donors (Lipinski definition) is 4. The monoisotopic (exact) mass is 387 g/mol. The highest BCUT2D eigenvalue weighted by atomic mass is 35.5. The van der Waals surface area contributed by atoms with E-state index >= 15 is 0 Å². The maximum absolute atomic E-state index is 12.9. The van der Waals surface area contributed by atoms with Gasteiger partial charge in [0.25, 0.3) is 5.91 Å². The van der Waals surface area contributed by atoms with Gasteiger partial charge in [0, 0.05) is 11.4 Å². The predicted octanol–water partition coefficient (Wildman–Crippen LogP) is 3.32. The van der Waals surface area contributed by atoms with E-state index in [4.69, 9.17) is 16.3 Å². The maximum Gasteiger partial charge on any atom is 0.319 e. The Balaban J connectivity index is 2.02. The molecule has 4 N–H and O–H groups in total. The van der Waals surface area contributed by atoms with Gasteiger partial charge in [-0.1, -0.05) is 29.8 Å². The molecule has 0 radical (unpaired) electrons. The van der Waals surface area contributed by atoms with Crippen LogP contribution in [0.2, 0.25) is 5.02 Å². The number of nitrogens with one attached hydrogen (secondary N) is 3. The molecule has 0 aliphatic carbocycles. The first-order chi connectivity index (χ1) is 12.9. The summed E-state index contributed by atoms with van der Waals surface area (Å²) in [6.45, 7) is 1.64. The van der Waals surface area contributed by atoms with Gasteiger partial charge in [0.15, 0.2) is 11.5 Å². The number of aromatic hydroxyl groups is 1. The third-order valence-corrected chi connectivity index (χ3v) is 4.44. The number of phenols is 1. The molecule has 1 atom stereocenters. The molecule has 3 amide bonds. The van der Waals surface area contributed by atoms with Gasteiger partial charge in [-0.05, 0) is 36.8 Å². The first kappa shape index (κ1) is 18.6. The highest BCUT2D eigenvalue weighted by Gasteiger charge is 2.32. The SMILES string of the molecule is COc1cc(C2NC(=O)NC(C)=C2C(=O)Nc2ccccc2)cc(Cl)c1O. The molecule has 140 valence electrons. The molecule has 0 bridgehead atoms. The average molecular weight is 388 g/mol. The van der Waals surface area contributed by atoms with Crippen LogP contribution in [0.1, 0.15) is 18.5 Å². The van der Waals surface area contributed by atoms with E-state index in [9.17, 15) is 14.7 Å². The maximum atomic E-state index is 12.9. The molecule has 2 aromatic rings. The zero-order valence-corrected chi connectivity index (χ0v) is 15.4. The molecule has 0 aromatic heterocycles. The number of hydrogen-bond acceptors (Lipinski definition) is 4. The Kier molecular flexibility index (Phi) is 5.23. The van der Waals surface area contributed by atoms with Crippen molar-refractivity contribution in [3.8, 4) is 11.5 Å². The van der Waals surface area contributed by atoms with Gasteiger partial charge in [-0.15, -0.1) is 0 Å². The van der Waals surface area contributed by atoms with Crippen molar-refractivity contribution < 1.29 is 19.4 Å². The van der Waals surface area contributed by atoms with Gasteiger partial charge >= 0.3 is 6.03 Å². The number of urea groups is 1. The Labute approximate surface area is 161 Å². The van der Waals surface area contributed by atoms with Crippen LogP contribution in [0.4, 0.5) is 10.5 Å². The van der Waals surface area contributed by atoms with Gasteiger partial charge in [0.2, 0.25) is 0 Å². The summed E-state index contributed by atoms with van der Waals surface area (Å²) in [4.78, 5) is 24.9. The lowest BCUT2D eigenvalue weighted by atomic mass is 9.94. The summed E-state index contributed by atoms with van der Waals surface area (Å²) in [6.07, 6.45) is 0. The summed E-state index contributed by atoms with van der Waals surface area (Å²) in [7, 11) is 1.39. The van der Waals surface area contributed by atoms with Crippen LogP contribution < -0.4 is 20.7 Å². The molecule has 1 unspecified atom stereocenters. The number of amides is 3. The molecule has 0 spiro atoms. The van der Waals surface area contributed by atoms with Crippen LogP contribution in [0.5, 0.6) is 11.5 Å². The van der Waals surface area contributed by atoms with Crippen molar-refractivity contribution in [3.05, 3.63) is 64.3 Å². The lowest BCUT2D eigenvalue weighted by Crippen LogP contribution is -2.46. The van der Waals surface area contributed by atoms with Gasteiger partial charge in [-0.25, -0.2) is 4.79 Å². The summed E-state index contributed by atoms with van der Waals surface area (Å²) in [5.74, 6) is -0.440. The Morgan fingerprint density at radius 3 is 2.63 bits per heavy atom. The second-order valence-electron chi connectivity index (χ2n) is 5.94. The quantitative estimate of drug-likeness (QED) is 0.646. The molecule has 0 saturated carbocycles. The largest absolute Gasteiger partial charge is 0.503 e. The van der Waals surface area contributed by atoms with E-state index in [1.807, 2.05) is 6.07 Å². The lowest BCUT2D eigenvalue weighted by Gasteiger charge is -2.29. The van der Waals surface area contributed by atoms with E-state index in [-0.39, 0.29) is 22.4 Å². The molecule has 0 fully saturated rings. The van der Waals surface area contributed by atoms with Crippen LogP contribution in [0.15, 0.2) is 53.7 Å². The third-order valence-electron chi connectivity index (χ3n) is 4.15. The van der Waals surface area contributed by atoms with E-state index < -0.39 is 12.1 Å². The number of carbonyl (C=O) groups is 2. The van der Waals surface area contributed by atoms with Crippen molar-refractivity contribution in [1.82, 2.24) is 10.6 Å². The summed E-state index contributed by atoms with van der Waals surface area (Å²) < 4.78 is 5.12. The van der Waals surface area contributed by atoms with E-state index in [2.05, 4.69) is 16.0 Å². The van der Waals surface area contributed by atoms with Crippen molar-refractivity contribution in [2.24, 2.45) is 0 Å². The number of phenolic OH excluding ortho intramolecular Hbond substituents is 1. The molecular formula is C19H18ClN3O4. The van der Waals surface area contributed by atoms with Crippen LogP contribution in [0.25, 0.3) is 0 Å². The summed E-state index contributed by atoms with van der Waals surface area (Å²) in [5, 5.41) is 18.1. The standard InChI is InChI=1S/C19H18ClN3O4/c1-10-15(18(25)22-12-6-4-3-5-7-12)16(23-19(26)21-10)11-8-13(20)17(24)14(9-11)27-2/h3-9,16,24H,1-2H3,(H,22,25)(H2,21,23,26). The van der Waals surface area contributed by atoms with Gasteiger partial charge in [0.1, 0.15) is 0 Å².